The number of hydrogen-bond donors (Lipinski definition) is 4. The minimum atomic E-state index is -5.28. The van der Waals surface area contributed by atoms with E-state index in [-0.39, 0.29) is 17.9 Å². The van der Waals surface area contributed by atoms with Crippen molar-refractivity contribution in [3.8, 4) is 6.07 Å². The summed E-state index contributed by atoms with van der Waals surface area (Å²) >= 11 is 0. The predicted molar refractivity (Wildman–Crippen MR) is 127 cm³/mol. The predicted octanol–water partition coefficient (Wildman–Crippen LogP) is 2.46. The quantitative estimate of drug-likeness (QED) is 0.319. The Balaban J connectivity index is 1.73. The Kier molecular flexibility index (Phi) is 8.00. The molecule has 4 N–H and O–H groups in total. The lowest BCUT2D eigenvalue weighted by Crippen LogP contribution is -2.60. The molecular weight excluding hydrogens is 529 g/mol. The third-order valence-corrected chi connectivity index (χ3v) is 7.90. The molecule has 2 aliphatic carbocycles. The van der Waals surface area contributed by atoms with Gasteiger partial charge < -0.3 is 21.3 Å². The van der Waals surface area contributed by atoms with Crippen molar-refractivity contribution in [2.45, 2.75) is 108 Å². The molecule has 39 heavy (non-hydrogen) atoms. The zero-order chi connectivity index (χ0) is 29.6. The fourth-order valence-corrected chi connectivity index (χ4v) is 4.93. The van der Waals surface area contributed by atoms with E-state index in [9.17, 15) is 46.4 Å². The van der Waals surface area contributed by atoms with Gasteiger partial charge in [0, 0.05) is 23.3 Å². The molecular formula is C25H34F5N5O4. The van der Waals surface area contributed by atoms with Crippen LogP contribution < -0.4 is 21.3 Å². The maximum absolute atomic E-state index is 14.0. The van der Waals surface area contributed by atoms with E-state index in [1.54, 1.807) is 5.32 Å². The summed E-state index contributed by atoms with van der Waals surface area (Å²) in [5, 5.41) is 18.8. The molecule has 0 radical (unpaired) electrons. The summed E-state index contributed by atoms with van der Waals surface area (Å²) in [5.74, 6) is -8.47. The van der Waals surface area contributed by atoms with Crippen LogP contribution in [0.4, 0.5) is 22.0 Å². The Labute approximate surface area is 223 Å². The van der Waals surface area contributed by atoms with Gasteiger partial charge >= 0.3 is 12.1 Å². The second kappa shape index (κ2) is 10.2. The van der Waals surface area contributed by atoms with Gasteiger partial charge in [0.1, 0.15) is 18.1 Å². The number of nitrogens with one attached hydrogen (secondary N) is 4. The van der Waals surface area contributed by atoms with Crippen LogP contribution in [0.15, 0.2) is 0 Å². The normalized spacial score (nSPS) is 27.3. The molecule has 0 bridgehead atoms. The molecule has 0 aromatic rings. The minimum Gasteiger partial charge on any atom is -0.350 e. The first-order valence-electron chi connectivity index (χ1n) is 12.8. The summed E-state index contributed by atoms with van der Waals surface area (Å²) in [6.45, 7) is 5.35. The van der Waals surface area contributed by atoms with Crippen molar-refractivity contribution in [2.75, 3.05) is 0 Å². The lowest BCUT2D eigenvalue weighted by atomic mass is 9.85. The van der Waals surface area contributed by atoms with Gasteiger partial charge in [0.2, 0.25) is 17.7 Å². The number of hydrogen-bond acceptors (Lipinski definition) is 5. The summed E-state index contributed by atoms with van der Waals surface area (Å²) in [5.41, 5.74) is -3.09. The topological polar surface area (TPSA) is 140 Å². The van der Waals surface area contributed by atoms with Gasteiger partial charge in [0.05, 0.1) is 6.07 Å². The van der Waals surface area contributed by atoms with Crippen molar-refractivity contribution in [2.24, 2.45) is 16.7 Å². The number of alkyl halides is 5. The van der Waals surface area contributed by atoms with Crippen molar-refractivity contribution in [1.82, 2.24) is 21.3 Å². The Hall–Kier alpha value is -2.98. The zero-order valence-electron chi connectivity index (χ0n) is 22.2. The van der Waals surface area contributed by atoms with Gasteiger partial charge in [-0.15, -0.1) is 0 Å². The first-order chi connectivity index (χ1) is 17.7. The molecule has 3 rings (SSSR count). The van der Waals surface area contributed by atoms with Crippen LogP contribution in [0.1, 0.15) is 72.6 Å². The molecule has 0 aromatic carbocycles. The highest BCUT2D eigenvalue weighted by Gasteiger charge is 2.68. The highest BCUT2D eigenvalue weighted by atomic mass is 19.4. The zero-order valence-corrected chi connectivity index (χ0v) is 22.2. The summed E-state index contributed by atoms with van der Waals surface area (Å²) in [7, 11) is 0. The molecule has 3 aliphatic rings. The monoisotopic (exact) mass is 563 g/mol. The Bertz CT molecular complexity index is 1060. The van der Waals surface area contributed by atoms with Crippen molar-refractivity contribution >= 4 is 23.6 Å². The van der Waals surface area contributed by atoms with Gasteiger partial charge in [0.15, 0.2) is 0 Å². The molecule has 0 aromatic heterocycles. The summed E-state index contributed by atoms with van der Waals surface area (Å²) in [6, 6.07) is -2.71. The third kappa shape index (κ3) is 7.16. The number of carbonyl (C=O) groups is 4. The van der Waals surface area contributed by atoms with Crippen molar-refractivity contribution < 1.29 is 41.1 Å². The fourth-order valence-electron chi connectivity index (χ4n) is 4.93. The third-order valence-electron chi connectivity index (χ3n) is 7.90. The minimum absolute atomic E-state index is 0.0372. The van der Waals surface area contributed by atoms with Crippen LogP contribution in [-0.2, 0) is 19.2 Å². The van der Waals surface area contributed by atoms with E-state index in [0.29, 0.717) is 6.42 Å². The highest BCUT2D eigenvalue weighted by molar-refractivity contribution is 5.93. The maximum atomic E-state index is 14.0. The molecule has 14 heteroatoms. The van der Waals surface area contributed by atoms with Crippen molar-refractivity contribution in [3.63, 3.8) is 0 Å². The van der Waals surface area contributed by atoms with E-state index in [1.165, 1.54) is 27.7 Å². The number of piperidine rings is 1. The maximum Gasteiger partial charge on any atom is 0.471 e. The Morgan fingerprint density at radius 2 is 1.67 bits per heavy atom. The van der Waals surface area contributed by atoms with Crippen LogP contribution in [-0.4, -0.2) is 59.4 Å². The van der Waals surface area contributed by atoms with Gasteiger partial charge in [-0.3, -0.25) is 19.2 Å². The van der Waals surface area contributed by atoms with Crippen LogP contribution in [0.3, 0.4) is 0 Å². The standard InChI is InChI=1S/C25H34F5N5O4/c1-21(2,3)16(34-20(39)25(28,29)30)19(38)33-15(10-22(4)12-24(22,26)27)18(37)32-14(11-31)9-13-5-6-23(7-8-23)35-17(13)36/h13-16H,5-10,12H2,1-4H3,(H,32,37)(H,33,38)(H,34,39)(H,35,36)/t13-,14-,15-,16+,22?/m0/s1. The molecule has 1 spiro atoms. The number of nitrogens with zero attached hydrogens (tertiary/aromatic N) is 1. The molecule has 218 valence electrons. The summed E-state index contributed by atoms with van der Waals surface area (Å²) < 4.78 is 66.6. The lowest BCUT2D eigenvalue weighted by molar-refractivity contribution is -0.175. The molecule has 9 nitrogen and oxygen atoms in total. The summed E-state index contributed by atoms with van der Waals surface area (Å²) in [4.78, 5) is 50.2. The van der Waals surface area contributed by atoms with Crippen LogP contribution in [0, 0.1) is 28.1 Å². The first kappa shape index (κ1) is 30.6. The molecule has 1 heterocycles. The van der Waals surface area contributed by atoms with Crippen LogP contribution in [0.25, 0.3) is 0 Å². The average Bonchev–Trinajstić information content (AvgIpc) is 3.65. The molecule has 2 saturated carbocycles. The van der Waals surface area contributed by atoms with Crippen LogP contribution in [0.2, 0.25) is 0 Å². The van der Waals surface area contributed by atoms with E-state index in [0.717, 1.165) is 19.3 Å². The lowest BCUT2D eigenvalue weighted by Gasteiger charge is -2.33. The van der Waals surface area contributed by atoms with E-state index in [2.05, 4.69) is 16.0 Å². The summed E-state index contributed by atoms with van der Waals surface area (Å²) in [6.07, 6.45) is -3.44. The SMILES string of the molecule is CC(C)(C)[C@H](NC(=O)C(F)(F)F)C(=O)N[C@@H](CC1(C)CC1(F)F)C(=O)N[C@H](C#N)C[C@@H]1CCC2(CC2)NC1=O. The molecule has 1 saturated heterocycles. The number of amides is 4. The van der Waals surface area contributed by atoms with E-state index in [4.69, 9.17) is 0 Å². The van der Waals surface area contributed by atoms with Gasteiger partial charge in [-0.05, 0) is 43.9 Å². The van der Waals surface area contributed by atoms with Crippen molar-refractivity contribution in [1.29, 1.82) is 5.26 Å². The number of carbonyl (C=O) groups excluding carboxylic acids is 4. The second-order valence-corrected chi connectivity index (χ2v) is 12.4. The Morgan fingerprint density at radius 1 is 1.08 bits per heavy atom. The van der Waals surface area contributed by atoms with E-state index in [1.807, 2.05) is 6.07 Å². The largest absolute Gasteiger partial charge is 0.471 e. The van der Waals surface area contributed by atoms with E-state index >= 15 is 0 Å². The second-order valence-electron chi connectivity index (χ2n) is 12.4. The average molecular weight is 564 g/mol. The number of halogens is 5. The highest BCUT2D eigenvalue weighted by Crippen LogP contribution is 2.62. The molecule has 3 fully saturated rings. The van der Waals surface area contributed by atoms with Crippen LogP contribution in [0.5, 0.6) is 0 Å². The van der Waals surface area contributed by atoms with Gasteiger partial charge in [-0.2, -0.15) is 18.4 Å². The molecule has 5 atom stereocenters. The smallest absolute Gasteiger partial charge is 0.350 e. The van der Waals surface area contributed by atoms with Gasteiger partial charge in [-0.1, -0.05) is 27.7 Å². The number of nitriles is 1. The molecule has 1 unspecified atom stereocenters. The van der Waals surface area contributed by atoms with Crippen LogP contribution >= 0.6 is 0 Å². The number of rotatable bonds is 9. The molecule has 1 aliphatic heterocycles. The fraction of sp³-hybridized carbons (Fsp3) is 0.800. The van der Waals surface area contributed by atoms with Gasteiger partial charge in [0.25, 0.3) is 5.92 Å². The van der Waals surface area contributed by atoms with Crippen molar-refractivity contribution in [3.05, 3.63) is 0 Å². The van der Waals surface area contributed by atoms with Gasteiger partial charge in [-0.25, -0.2) is 8.78 Å². The Morgan fingerprint density at radius 3 is 2.10 bits per heavy atom. The van der Waals surface area contributed by atoms with E-state index < -0.39 is 77.5 Å². The molecule has 4 amide bonds. The first-order valence-corrected chi connectivity index (χ1v) is 12.8.